The number of carboxylic acid groups (broad SMARTS) is 1. The minimum absolute atomic E-state index is 0.228. The lowest BCUT2D eigenvalue weighted by atomic mass is 10.1. The summed E-state index contributed by atoms with van der Waals surface area (Å²) in [4.78, 5) is 30.6. The first kappa shape index (κ1) is 15.3. The van der Waals surface area contributed by atoms with Gasteiger partial charge in [0.15, 0.2) is 6.04 Å². The lowest BCUT2D eigenvalue weighted by molar-refractivity contribution is -0.393. The van der Waals surface area contributed by atoms with Crippen molar-refractivity contribution < 1.29 is 24.9 Å². The Balaban J connectivity index is 3.20. The van der Waals surface area contributed by atoms with E-state index in [0.29, 0.717) is 6.07 Å². The number of nitrogens with zero attached hydrogens (tertiary/aromatic N) is 2. The summed E-state index contributed by atoms with van der Waals surface area (Å²) in [5.74, 6) is -1.41. The standard InChI is InChI=1S/C10H11N3O7/c1-5(14)9(10(15)16)11-7-3-2-6(12(17)18)4-8(7)13(19)20/h2-5,9,11,14H,1H3,(H,15,16)/t5?,9-/m1/s1. The molecule has 0 radical (unpaired) electrons. The third kappa shape index (κ3) is 3.38. The number of anilines is 1. The number of carbonyl (C=O) groups is 1. The van der Waals surface area contributed by atoms with Crippen LogP contribution in [0, 0.1) is 20.2 Å². The molecule has 0 spiro atoms. The normalized spacial score (nSPS) is 13.3. The van der Waals surface area contributed by atoms with Crippen molar-refractivity contribution >= 4 is 23.0 Å². The van der Waals surface area contributed by atoms with Gasteiger partial charge in [0.05, 0.1) is 22.0 Å². The summed E-state index contributed by atoms with van der Waals surface area (Å²) in [6.07, 6.45) is -1.32. The molecule has 0 fully saturated rings. The van der Waals surface area contributed by atoms with Gasteiger partial charge in [0.1, 0.15) is 5.69 Å². The molecule has 10 nitrogen and oxygen atoms in total. The van der Waals surface area contributed by atoms with Crippen LogP contribution in [0.15, 0.2) is 18.2 Å². The van der Waals surface area contributed by atoms with Crippen LogP contribution in [0.5, 0.6) is 0 Å². The Bertz CT molecular complexity index is 558. The van der Waals surface area contributed by atoms with Crippen molar-refractivity contribution in [1.29, 1.82) is 0 Å². The molecule has 0 saturated carbocycles. The fourth-order valence-corrected chi connectivity index (χ4v) is 1.46. The van der Waals surface area contributed by atoms with Gasteiger partial charge in [-0.05, 0) is 13.0 Å². The summed E-state index contributed by atoms with van der Waals surface area (Å²) in [7, 11) is 0. The van der Waals surface area contributed by atoms with Crippen LogP contribution in [-0.4, -0.2) is 38.2 Å². The number of non-ortho nitro benzene ring substituents is 1. The lowest BCUT2D eigenvalue weighted by Gasteiger charge is -2.17. The van der Waals surface area contributed by atoms with Crippen molar-refractivity contribution in [3.05, 3.63) is 38.4 Å². The van der Waals surface area contributed by atoms with E-state index in [1.54, 1.807) is 0 Å². The zero-order chi connectivity index (χ0) is 15.4. The molecule has 0 aromatic heterocycles. The lowest BCUT2D eigenvalue weighted by Crippen LogP contribution is -2.39. The topological polar surface area (TPSA) is 156 Å². The highest BCUT2D eigenvalue weighted by Crippen LogP contribution is 2.29. The van der Waals surface area contributed by atoms with Gasteiger partial charge in [0.2, 0.25) is 0 Å². The second-order valence-corrected chi connectivity index (χ2v) is 3.92. The van der Waals surface area contributed by atoms with Crippen LogP contribution in [-0.2, 0) is 4.79 Å². The van der Waals surface area contributed by atoms with Crippen LogP contribution >= 0.6 is 0 Å². The van der Waals surface area contributed by atoms with E-state index in [4.69, 9.17) is 5.11 Å². The number of aliphatic carboxylic acids is 1. The number of nitro benzene ring substituents is 2. The van der Waals surface area contributed by atoms with E-state index in [-0.39, 0.29) is 5.69 Å². The molecule has 0 amide bonds. The predicted octanol–water partition coefficient (Wildman–Crippen LogP) is 0.749. The minimum atomic E-state index is -1.48. The molecule has 0 bridgehead atoms. The third-order valence-electron chi connectivity index (χ3n) is 2.45. The Morgan fingerprint density at radius 1 is 1.30 bits per heavy atom. The van der Waals surface area contributed by atoms with E-state index in [2.05, 4.69) is 5.32 Å². The summed E-state index contributed by atoms with van der Waals surface area (Å²) < 4.78 is 0. The van der Waals surface area contributed by atoms with E-state index in [9.17, 15) is 30.1 Å². The molecule has 1 aromatic carbocycles. The van der Waals surface area contributed by atoms with E-state index < -0.39 is 39.3 Å². The Hall–Kier alpha value is -2.75. The molecule has 10 heteroatoms. The summed E-state index contributed by atoms with van der Waals surface area (Å²) >= 11 is 0. The van der Waals surface area contributed by atoms with Gasteiger partial charge in [-0.1, -0.05) is 0 Å². The van der Waals surface area contributed by atoms with Crippen molar-refractivity contribution in [1.82, 2.24) is 0 Å². The Kier molecular flexibility index (Phi) is 4.54. The van der Waals surface area contributed by atoms with E-state index in [1.165, 1.54) is 6.92 Å². The molecule has 0 aliphatic rings. The first-order valence-corrected chi connectivity index (χ1v) is 5.34. The summed E-state index contributed by atoms with van der Waals surface area (Å²) in [5.41, 5.74) is -1.37. The SMILES string of the molecule is CC(O)[C@@H](Nc1ccc([N+](=O)[O-])cc1[N+](=O)[O-])C(=O)O. The van der Waals surface area contributed by atoms with Crippen LogP contribution in [0.3, 0.4) is 0 Å². The molecule has 1 aromatic rings. The van der Waals surface area contributed by atoms with Crippen LogP contribution < -0.4 is 5.32 Å². The molecule has 0 aliphatic carbocycles. The van der Waals surface area contributed by atoms with Gasteiger partial charge in [-0.2, -0.15) is 0 Å². The number of hydrogen-bond acceptors (Lipinski definition) is 7. The zero-order valence-corrected chi connectivity index (χ0v) is 10.2. The number of carboxylic acids is 1. The molecular formula is C10H11N3O7. The first-order chi connectivity index (χ1) is 9.23. The van der Waals surface area contributed by atoms with Crippen molar-refractivity contribution in [3.8, 4) is 0 Å². The molecule has 0 aliphatic heterocycles. The number of rotatable bonds is 6. The summed E-state index contributed by atoms with van der Waals surface area (Å²) in [6, 6.07) is 1.25. The number of nitro groups is 2. The quantitative estimate of drug-likeness (QED) is 0.510. The molecule has 0 heterocycles. The number of aliphatic hydroxyl groups is 1. The fourth-order valence-electron chi connectivity index (χ4n) is 1.46. The fraction of sp³-hybridized carbons (Fsp3) is 0.300. The molecular weight excluding hydrogens is 274 g/mol. The maximum Gasteiger partial charge on any atom is 0.328 e. The smallest absolute Gasteiger partial charge is 0.328 e. The second-order valence-electron chi connectivity index (χ2n) is 3.92. The van der Waals surface area contributed by atoms with Gasteiger partial charge >= 0.3 is 5.97 Å². The molecule has 108 valence electrons. The molecule has 0 saturated heterocycles. The average molecular weight is 285 g/mol. The maximum atomic E-state index is 10.9. The van der Waals surface area contributed by atoms with Crippen molar-refractivity contribution in [3.63, 3.8) is 0 Å². The highest BCUT2D eigenvalue weighted by molar-refractivity contribution is 5.80. The van der Waals surface area contributed by atoms with Crippen molar-refractivity contribution in [2.24, 2.45) is 0 Å². The van der Waals surface area contributed by atoms with Gasteiger partial charge < -0.3 is 15.5 Å². The van der Waals surface area contributed by atoms with E-state index >= 15 is 0 Å². The van der Waals surface area contributed by atoms with E-state index in [1.807, 2.05) is 0 Å². The van der Waals surface area contributed by atoms with Crippen LogP contribution in [0.4, 0.5) is 17.1 Å². The number of benzene rings is 1. The number of hydrogen-bond donors (Lipinski definition) is 3. The Morgan fingerprint density at radius 3 is 2.30 bits per heavy atom. The van der Waals surface area contributed by atoms with E-state index in [0.717, 1.165) is 12.1 Å². The van der Waals surface area contributed by atoms with Crippen LogP contribution in [0.25, 0.3) is 0 Å². The van der Waals surface area contributed by atoms with Crippen molar-refractivity contribution in [2.75, 3.05) is 5.32 Å². The average Bonchev–Trinajstić information content (AvgIpc) is 2.34. The van der Waals surface area contributed by atoms with Gasteiger partial charge in [0.25, 0.3) is 11.4 Å². The van der Waals surface area contributed by atoms with Gasteiger partial charge in [0, 0.05) is 6.07 Å². The summed E-state index contributed by atoms with van der Waals surface area (Å²) in [6.45, 7) is 1.20. The molecule has 1 rings (SSSR count). The Morgan fingerprint density at radius 2 is 1.90 bits per heavy atom. The third-order valence-corrected chi connectivity index (χ3v) is 2.45. The van der Waals surface area contributed by atoms with Gasteiger partial charge in [-0.3, -0.25) is 20.2 Å². The van der Waals surface area contributed by atoms with Gasteiger partial charge in [-0.15, -0.1) is 0 Å². The van der Waals surface area contributed by atoms with Crippen LogP contribution in [0.2, 0.25) is 0 Å². The molecule has 2 atom stereocenters. The predicted molar refractivity (Wildman–Crippen MR) is 66.5 cm³/mol. The monoisotopic (exact) mass is 285 g/mol. The number of aliphatic hydroxyl groups excluding tert-OH is 1. The first-order valence-electron chi connectivity index (χ1n) is 5.34. The largest absolute Gasteiger partial charge is 0.480 e. The second kappa shape index (κ2) is 5.93. The minimum Gasteiger partial charge on any atom is -0.480 e. The van der Waals surface area contributed by atoms with Crippen molar-refractivity contribution in [2.45, 2.75) is 19.1 Å². The molecule has 20 heavy (non-hydrogen) atoms. The maximum absolute atomic E-state index is 10.9. The zero-order valence-electron chi connectivity index (χ0n) is 10.2. The van der Waals surface area contributed by atoms with Gasteiger partial charge in [-0.25, -0.2) is 4.79 Å². The number of nitrogens with one attached hydrogen (secondary N) is 1. The molecule has 1 unspecified atom stereocenters. The highest BCUT2D eigenvalue weighted by atomic mass is 16.6. The highest BCUT2D eigenvalue weighted by Gasteiger charge is 2.27. The summed E-state index contributed by atoms with van der Waals surface area (Å²) in [5, 5.41) is 41.9. The molecule has 3 N–H and O–H groups in total. The Labute approximate surface area is 111 Å². The van der Waals surface area contributed by atoms with Crippen LogP contribution in [0.1, 0.15) is 6.92 Å².